The van der Waals surface area contributed by atoms with Crippen molar-refractivity contribution in [1.29, 1.82) is 0 Å². The highest BCUT2D eigenvalue weighted by molar-refractivity contribution is 5.89. The summed E-state index contributed by atoms with van der Waals surface area (Å²) in [7, 11) is 1.61. The summed E-state index contributed by atoms with van der Waals surface area (Å²) in [6.45, 7) is 8.94. The fourth-order valence-electron chi connectivity index (χ4n) is 3.42. The Balaban J connectivity index is 2.32. The van der Waals surface area contributed by atoms with Crippen LogP contribution in [0.5, 0.6) is 11.5 Å². The van der Waals surface area contributed by atoms with Gasteiger partial charge in [0, 0.05) is 28.8 Å². The van der Waals surface area contributed by atoms with Crippen LogP contribution in [0.4, 0.5) is 4.79 Å². The summed E-state index contributed by atoms with van der Waals surface area (Å²) in [5.41, 5.74) is 1.79. The molecule has 0 fully saturated rings. The van der Waals surface area contributed by atoms with Crippen molar-refractivity contribution in [3.05, 3.63) is 23.9 Å². The molecule has 1 aliphatic heterocycles. The summed E-state index contributed by atoms with van der Waals surface area (Å²) in [6, 6.07) is 3.69. The van der Waals surface area contributed by atoms with E-state index < -0.39 is 6.09 Å². The van der Waals surface area contributed by atoms with E-state index in [4.69, 9.17) is 9.47 Å². The molecule has 130 valence electrons. The Bertz CT molecular complexity index is 788. The molecule has 6 heteroatoms. The van der Waals surface area contributed by atoms with E-state index in [1.54, 1.807) is 7.11 Å². The monoisotopic (exact) mass is 332 g/mol. The minimum atomic E-state index is -0.940. The SMILES string of the molecule is COc1cc2c(ccn2C(C)(C)C)c2c1OCCN(C(=O)O)C2C. The minimum absolute atomic E-state index is 0.0949. The van der Waals surface area contributed by atoms with Crippen molar-refractivity contribution in [3.8, 4) is 11.5 Å². The zero-order valence-corrected chi connectivity index (χ0v) is 14.8. The molecule has 1 aromatic carbocycles. The predicted molar refractivity (Wildman–Crippen MR) is 92.1 cm³/mol. The zero-order valence-electron chi connectivity index (χ0n) is 14.8. The summed E-state index contributed by atoms with van der Waals surface area (Å²) in [6.07, 6.45) is 1.10. The van der Waals surface area contributed by atoms with Gasteiger partial charge in [0.1, 0.15) is 6.61 Å². The van der Waals surface area contributed by atoms with Crippen molar-refractivity contribution in [2.75, 3.05) is 20.3 Å². The highest BCUT2D eigenvalue weighted by atomic mass is 16.5. The minimum Gasteiger partial charge on any atom is -0.493 e. The Labute approximate surface area is 141 Å². The van der Waals surface area contributed by atoms with Gasteiger partial charge >= 0.3 is 6.09 Å². The first-order valence-corrected chi connectivity index (χ1v) is 8.10. The number of hydrogen-bond acceptors (Lipinski definition) is 3. The Morgan fingerprint density at radius 2 is 2.12 bits per heavy atom. The van der Waals surface area contributed by atoms with Crippen molar-refractivity contribution < 1.29 is 19.4 Å². The normalized spacial score (nSPS) is 18.0. The molecule has 0 saturated carbocycles. The fraction of sp³-hybridized carbons (Fsp3) is 0.500. The molecule has 0 spiro atoms. The number of ether oxygens (including phenoxy) is 2. The van der Waals surface area contributed by atoms with Crippen LogP contribution < -0.4 is 9.47 Å². The van der Waals surface area contributed by atoms with E-state index in [1.807, 2.05) is 25.3 Å². The van der Waals surface area contributed by atoms with E-state index in [0.29, 0.717) is 24.7 Å². The molecule has 6 nitrogen and oxygen atoms in total. The lowest BCUT2D eigenvalue weighted by Crippen LogP contribution is -2.33. The number of carbonyl (C=O) groups is 1. The maximum Gasteiger partial charge on any atom is 0.407 e. The molecule has 1 amide bonds. The molecule has 0 bridgehead atoms. The van der Waals surface area contributed by atoms with Crippen molar-refractivity contribution in [1.82, 2.24) is 9.47 Å². The summed E-state index contributed by atoms with van der Waals surface area (Å²) in [5, 5.41) is 10.5. The number of rotatable bonds is 1. The van der Waals surface area contributed by atoms with Crippen molar-refractivity contribution in [3.63, 3.8) is 0 Å². The van der Waals surface area contributed by atoms with Crippen LogP contribution in [-0.4, -0.2) is 40.9 Å². The fourth-order valence-corrected chi connectivity index (χ4v) is 3.42. The van der Waals surface area contributed by atoms with Gasteiger partial charge in [-0.3, -0.25) is 4.90 Å². The van der Waals surface area contributed by atoms with E-state index in [0.717, 1.165) is 16.5 Å². The third-order valence-corrected chi connectivity index (χ3v) is 4.60. The summed E-state index contributed by atoms with van der Waals surface area (Å²) in [4.78, 5) is 13.0. The van der Waals surface area contributed by atoms with Gasteiger partial charge in [-0.15, -0.1) is 0 Å². The third-order valence-electron chi connectivity index (χ3n) is 4.60. The topological polar surface area (TPSA) is 63.9 Å². The van der Waals surface area contributed by atoms with Crippen molar-refractivity contribution in [2.45, 2.75) is 39.3 Å². The second-order valence-corrected chi connectivity index (χ2v) is 7.11. The number of nitrogens with zero attached hydrogens (tertiary/aromatic N) is 2. The molecule has 1 aromatic heterocycles. The number of amides is 1. The standard InChI is InChI=1S/C18H24N2O4/c1-11-15-12-6-7-20(18(2,3)4)13(12)10-14(23-5)16(15)24-9-8-19(11)17(21)22/h6-7,10-11H,8-9H2,1-5H3,(H,21,22). The molecule has 3 rings (SSSR count). The molecule has 1 aliphatic rings. The first kappa shape index (κ1) is 16.5. The summed E-state index contributed by atoms with van der Waals surface area (Å²) < 4.78 is 13.6. The van der Waals surface area contributed by atoms with Crippen LogP contribution in [0.25, 0.3) is 10.9 Å². The Morgan fingerprint density at radius 1 is 1.42 bits per heavy atom. The lowest BCUT2D eigenvalue weighted by Gasteiger charge is -2.26. The Hall–Kier alpha value is -2.37. The molecule has 24 heavy (non-hydrogen) atoms. The van der Waals surface area contributed by atoms with Gasteiger partial charge in [-0.2, -0.15) is 0 Å². The van der Waals surface area contributed by atoms with Crippen molar-refractivity contribution in [2.24, 2.45) is 0 Å². The number of benzene rings is 1. The van der Waals surface area contributed by atoms with Gasteiger partial charge < -0.3 is 19.1 Å². The molecule has 0 saturated heterocycles. The lowest BCUT2D eigenvalue weighted by atomic mass is 10.00. The van der Waals surface area contributed by atoms with Crippen LogP contribution in [0.2, 0.25) is 0 Å². The molecule has 1 unspecified atom stereocenters. The number of hydrogen-bond donors (Lipinski definition) is 1. The molecule has 2 aromatic rings. The van der Waals surface area contributed by atoms with E-state index >= 15 is 0 Å². The molecular weight excluding hydrogens is 308 g/mol. The second kappa shape index (κ2) is 5.61. The van der Waals surface area contributed by atoms with Crippen LogP contribution >= 0.6 is 0 Å². The quantitative estimate of drug-likeness (QED) is 0.862. The first-order chi connectivity index (χ1) is 11.3. The van der Waals surface area contributed by atoms with Gasteiger partial charge in [0.25, 0.3) is 0 Å². The maximum absolute atomic E-state index is 11.6. The largest absolute Gasteiger partial charge is 0.493 e. The maximum atomic E-state index is 11.6. The highest BCUT2D eigenvalue weighted by Gasteiger charge is 2.32. The van der Waals surface area contributed by atoms with E-state index in [1.165, 1.54) is 4.90 Å². The van der Waals surface area contributed by atoms with Crippen LogP contribution in [0.1, 0.15) is 39.3 Å². The average molecular weight is 332 g/mol. The van der Waals surface area contributed by atoms with Gasteiger partial charge in [-0.25, -0.2) is 4.79 Å². The molecule has 1 N–H and O–H groups in total. The molecule has 0 radical (unpaired) electrons. The van der Waals surface area contributed by atoms with E-state index in [-0.39, 0.29) is 11.6 Å². The Kier molecular flexibility index (Phi) is 3.86. The van der Waals surface area contributed by atoms with Gasteiger partial charge in [0.15, 0.2) is 11.5 Å². The Morgan fingerprint density at radius 3 is 2.71 bits per heavy atom. The zero-order chi connectivity index (χ0) is 17.6. The summed E-state index contributed by atoms with van der Waals surface area (Å²) in [5.74, 6) is 1.29. The highest BCUT2D eigenvalue weighted by Crippen LogP contribution is 2.45. The van der Waals surface area contributed by atoms with Crippen LogP contribution in [-0.2, 0) is 5.54 Å². The smallest absolute Gasteiger partial charge is 0.407 e. The number of carboxylic acid groups (broad SMARTS) is 1. The van der Waals surface area contributed by atoms with E-state index in [2.05, 4.69) is 25.3 Å². The molecule has 0 aliphatic carbocycles. The van der Waals surface area contributed by atoms with Gasteiger partial charge in [0.2, 0.25) is 0 Å². The van der Waals surface area contributed by atoms with Gasteiger partial charge in [-0.05, 0) is 33.8 Å². The molecular formula is C18H24N2O4. The second-order valence-electron chi connectivity index (χ2n) is 7.11. The average Bonchev–Trinajstić information content (AvgIpc) is 2.84. The third kappa shape index (κ3) is 2.46. The predicted octanol–water partition coefficient (Wildman–Crippen LogP) is 3.84. The summed E-state index contributed by atoms with van der Waals surface area (Å²) >= 11 is 0. The van der Waals surface area contributed by atoms with Crippen LogP contribution in [0.3, 0.4) is 0 Å². The van der Waals surface area contributed by atoms with Crippen LogP contribution in [0.15, 0.2) is 18.3 Å². The number of fused-ring (bicyclic) bond motifs is 3. The van der Waals surface area contributed by atoms with Gasteiger partial charge in [-0.1, -0.05) is 0 Å². The van der Waals surface area contributed by atoms with Gasteiger partial charge in [0.05, 0.1) is 25.2 Å². The molecule has 1 atom stereocenters. The lowest BCUT2D eigenvalue weighted by molar-refractivity contribution is 0.124. The molecule has 2 heterocycles. The van der Waals surface area contributed by atoms with Crippen LogP contribution in [0, 0.1) is 0 Å². The number of methoxy groups -OCH3 is 1. The number of aromatic nitrogens is 1. The first-order valence-electron chi connectivity index (χ1n) is 8.10. The van der Waals surface area contributed by atoms with Crippen molar-refractivity contribution >= 4 is 17.0 Å². The van der Waals surface area contributed by atoms with E-state index in [9.17, 15) is 9.90 Å².